The van der Waals surface area contributed by atoms with Crippen LogP contribution in [0.15, 0.2) is 47.4 Å². The highest BCUT2D eigenvalue weighted by atomic mass is 32.2. The zero-order valence-corrected chi connectivity index (χ0v) is 17.6. The smallest absolute Gasteiger partial charge is 0.185 e. The molecule has 0 saturated carbocycles. The fourth-order valence-corrected chi connectivity index (χ4v) is 3.00. The minimum absolute atomic E-state index is 0.0247. The molecule has 0 radical (unpaired) electrons. The zero-order chi connectivity index (χ0) is 20.2. The topological polar surface area (TPSA) is 43.4 Å². The molecule has 0 spiro atoms. The van der Waals surface area contributed by atoms with Gasteiger partial charge in [0, 0.05) is 10.5 Å². The number of thioether (sulfide) groups is 1. The Hall–Kier alpha value is -2.33. The van der Waals surface area contributed by atoms with E-state index in [0.29, 0.717) is 11.3 Å². The van der Waals surface area contributed by atoms with Gasteiger partial charge in [-0.25, -0.2) is 0 Å². The molecule has 0 amide bonds. The standard InChI is InChI=1S/C23H26O3S/c1-15-13-18(14-16(2)22(15)26-23(4,5)17(3)24)7-12-21(25)19-8-10-20(27-6)11-9-19/h7-14H,1-6H3/b12-7+. The molecule has 0 N–H and O–H groups in total. The second kappa shape index (κ2) is 8.57. The van der Waals surface area contributed by atoms with Gasteiger partial charge in [-0.15, -0.1) is 11.8 Å². The molecular formula is C23H26O3S. The fraction of sp³-hybridized carbons (Fsp3) is 0.304. The van der Waals surface area contributed by atoms with Crippen LogP contribution in [0.3, 0.4) is 0 Å². The van der Waals surface area contributed by atoms with Crippen LogP contribution in [0.25, 0.3) is 6.08 Å². The van der Waals surface area contributed by atoms with Gasteiger partial charge < -0.3 is 4.74 Å². The molecule has 0 atom stereocenters. The van der Waals surface area contributed by atoms with Crippen molar-refractivity contribution in [1.29, 1.82) is 0 Å². The fourth-order valence-electron chi connectivity index (χ4n) is 2.59. The minimum atomic E-state index is -0.869. The van der Waals surface area contributed by atoms with Crippen LogP contribution in [0.5, 0.6) is 5.75 Å². The van der Waals surface area contributed by atoms with Crippen LogP contribution in [-0.2, 0) is 4.79 Å². The number of ketones is 2. The maximum absolute atomic E-state index is 12.4. The van der Waals surface area contributed by atoms with Gasteiger partial charge in [-0.1, -0.05) is 6.08 Å². The molecule has 0 heterocycles. The lowest BCUT2D eigenvalue weighted by molar-refractivity contribution is -0.129. The summed E-state index contributed by atoms with van der Waals surface area (Å²) in [5.41, 5.74) is 2.58. The van der Waals surface area contributed by atoms with Gasteiger partial charge >= 0.3 is 0 Å². The molecule has 0 bridgehead atoms. The van der Waals surface area contributed by atoms with Crippen molar-refractivity contribution in [2.45, 2.75) is 45.1 Å². The van der Waals surface area contributed by atoms with Gasteiger partial charge in [-0.2, -0.15) is 0 Å². The number of benzene rings is 2. The Labute approximate surface area is 165 Å². The number of Topliss-reactive ketones (excluding diaryl/α,β-unsaturated/α-hetero) is 1. The number of rotatable bonds is 7. The van der Waals surface area contributed by atoms with E-state index < -0.39 is 5.60 Å². The lowest BCUT2D eigenvalue weighted by Gasteiger charge is -2.26. The zero-order valence-electron chi connectivity index (χ0n) is 16.8. The number of hydrogen-bond acceptors (Lipinski definition) is 4. The van der Waals surface area contributed by atoms with Crippen molar-refractivity contribution >= 4 is 29.4 Å². The maximum atomic E-state index is 12.4. The third-order valence-corrected chi connectivity index (χ3v) is 5.23. The highest BCUT2D eigenvalue weighted by molar-refractivity contribution is 7.98. The summed E-state index contributed by atoms with van der Waals surface area (Å²) in [6, 6.07) is 11.5. The Morgan fingerprint density at radius 1 is 1.04 bits per heavy atom. The van der Waals surface area contributed by atoms with Crippen LogP contribution >= 0.6 is 11.8 Å². The van der Waals surface area contributed by atoms with Crippen molar-refractivity contribution in [3.05, 3.63) is 64.7 Å². The molecule has 3 nitrogen and oxygen atoms in total. The predicted molar refractivity (Wildman–Crippen MR) is 113 cm³/mol. The molecule has 0 aliphatic rings. The first kappa shape index (κ1) is 21.0. The van der Waals surface area contributed by atoms with Gasteiger partial charge in [0.2, 0.25) is 0 Å². The highest BCUT2D eigenvalue weighted by Crippen LogP contribution is 2.29. The maximum Gasteiger partial charge on any atom is 0.185 e. The third kappa shape index (κ3) is 5.33. The molecule has 2 aromatic carbocycles. The molecule has 0 fully saturated rings. The molecule has 4 heteroatoms. The quantitative estimate of drug-likeness (QED) is 0.352. The van der Waals surface area contributed by atoms with E-state index in [0.717, 1.165) is 21.6 Å². The molecule has 0 aromatic heterocycles. The van der Waals surface area contributed by atoms with Crippen LogP contribution in [0.2, 0.25) is 0 Å². The van der Waals surface area contributed by atoms with E-state index in [4.69, 9.17) is 4.74 Å². The Morgan fingerprint density at radius 3 is 2.07 bits per heavy atom. The summed E-state index contributed by atoms with van der Waals surface area (Å²) in [7, 11) is 0. The minimum Gasteiger partial charge on any atom is -0.480 e. The van der Waals surface area contributed by atoms with E-state index in [1.54, 1.807) is 31.7 Å². The lowest BCUT2D eigenvalue weighted by Crippen LogP contribution is -2.36. The second-order valence-electron chi connectivity index (χ2n) is 7.08. The van der Waals surface area contributed by atoms with Crippen molar-refractivity contribution in [2.75, 3.05) is 6.26 Å². The first-order valence-electron chi connectivity index (χ1n) is 8.82. The van der Waals surface area contributed by atoms with Gasteiger partial charge in [-0.05, 0) is 100 Å². The molecule has 2 rings (SSSR count). The third-order valence-electron chi connectivity index (χ3n) is 4.49. The molecule has 0 aliphatic carbocycles. The van der Waals surface area contributed by atoms with Gasteiger partial charge in [-0.3, -0.25) is 9.59 Å². The Bertz CT molecular complexity index is 854. The first-order chi connectivity index (χ1) is 12.6. The molecular weight excluding hydrogens is 356 g/mol. The largest absolute Gasteiger partial charge is 0.480 e. The summed E-state index contributed by atoms with van der Waals surface area (Å²) < 4.78 is 5.95. The van der Waals surface area contributed by atoms with E-state index in [1.165, 1.54) is 6.92 Å². The number of carbonyl (C=O) groups excluding carboxylic acids is 2. The van der Waals surface area contributed by atoms with Gasteiger partial charge in [0.15, 0.2) is 17.2 Å². The molecule has 2 aromatic rings. The number of hydrogen-bond donors (Lipinski definition) is 0. The summed E-state index contributed by atoms with van der Waals surface area (Å²) in [6.45, 7) is 8.95. The number of ether oxygens (including phenoxy) is 1. The molecule has 0 aliphatic heterocycles. The summed E-state index contributed by atoms with van der Waals surface area (Å²) in [5.74, 6) is 0.658. The number of allylic oxidation sites excluding steroid dienone is 1. The van der Waals surface area contributed by atoms with Crippen LogP contribution < -0.4 is 4.74 Å². The van der Waals surface area contributed by atoms with E-state index in [2.05, 4.69) is 0 Å². The van der Waals surface area contributed by atoms with Gasteiger partial charge in [0.05, 0.1) is 0 Å². The van der Waals surface area contributed by atoms with E-state index >= 15 is 0 Å². The summed E-state index contributed by atoms with van der Waals surface area (Å²) in [4.78, 5) is 25.2. The average Bonchev–Trinajstić information content (AvgIpc) is 2.62. The second-order valence-corrected chi connectivity index (χ2v) is 7.96. The molecule has 27 heavy (non-hydrogen) atoms. The SMILES string of the molecule is CSc1ccc(C(=O)/C=C/c2cc(C)c(OC(C)(C)C(C)=O)c(C)c2)cc1. The average molecular weight is 383 g/mol. The highest BCUT2D eigenvalue weighted by Gasteiger charge is 2.27. The number of aryl methyl sites for hydroxylation is 2. The van der Waals surface area contributed by atoms with Crippen LogP contribution in [0, 0.1) is 13.8 Å². The van der Waals surface area contributed by atoms with Crippen molar-refractivity contribution in [3.63, 3.8) is 0 Å². The van der Waals surface area contributed by atoms with E-state index in [1.807, 2.05) is 62.6 Å². The lowest BCUT2D eigenvalue weighted by atomic mass is 10.0. The summed E-state index contributed by atoms with van der Waals surface area (Å²) in [5, 5.41) is 0. The van der Waals surface area contributed by atoms with Gasteiger partial charge in [0.1, 0.15) is 5.75 Å². The van der Waals surface area contributed by atoms with Crippen molar-refractivity contribution in [2.24, 2.45) is 0 Å². The van der Waals surface area contributed by atoms with E-state index in [9.17, 15) is 9.59 Å². The summed E-state index contributed by atoms with van der Waals surface area (Å²) >= 11 is 1.65. The van der Waals surface area contributed by atoms with Crippen molar-refractivity contribution < 1.29 is 14.3 Å². The Kier molecular flexibility index (Phi) is 6.66. The molecule has 0 unspecified atom stereocenters. The molecule has 0 saturated heterocycles. The number of carbonyl (C=O) groups is 2. The van der Waals surface area contributed by atoms with Crippen LogP contribution in [-0.4, -0.2) is 23.4 Å². The first-order valence-corrected chi connectivity index (χ1v) is 10.0. The van der Waals surface area contributed by atoms with Crippen LogP contribution in [0.4, 0.5) is 0 Å². The normalized spacial score (nSPS) is 11.6. The Morgan fingerprint density at radius 2 is 1.59 bits per heavy atom. The van der Waals surface area contributed by atoms with Crippen molar-refractivity contribution in [3.8, 4) is 5.75 Å². The van der Waals surface area contributed by atoms with E-state index in [-0.39, 0.29) is 11.6 Å². The molecule has 142 valence electrons. The Balaban J connectivity index is 2.20. The van der Waals surface area contributed by atoms with Crippen LogP contribution in [0.1, 0.15) is 47.8 Å². The van der Waals surface area contributed by atoms with Gasteiger partial charge in [0.25, 0.3) is 0 Å². The van der Waals surface area contributed by atoms with Crippen molar-refractivity contribution in [1.82, 2.24) is 0 Å². The monoisotopic (exact) mass is 382 g/mol. The summed E-state index contributed by atoms with van der Waals surface area (Å²) in [6.07, 6.45) is 5.40. The predicted octanol–water partition coefficient (Wildman–Crippen LogP) is 5.67.